The lowest BCUT2D eigenvalue weighted by Crippen LogP contribution is -2.38. The molecule has 0 unspecified atom stereocenters. The molecule has 7 heteroatoms. The molecule has 1 N–H and O–H groups in total. The van der Waals surface area contributed by atoms with Crippen molar-refractivity contribution in [3.8, 4) is 0 Å². The number of pyridine rings is 1. The Hall–Kier alpha value is -3.74. The average Bonchev–Trinajstić information content (AvgIpc) is 2.73. The molecular formula is C20H17N3O4. The first kappa shape index (κ1) is 18.1. The molecule has 1 aromatic carbocycles. The topological polar surface area (TPSA) is 88.6 Å². The summed E-state index contributed by atoms with van der Waals surface area (Å²) in [5.41, 5.74) is 2.52. The second-order valence-corrected chi connectivity index (χ2v) is 5.71. The molecular weight excluding hydrogens is 346 g/mol. The highest BCUT2D eigenvalue weighted by Crippen LogP contribution is 2.23. The van der Waals surface area contributed by atoms with E-state index in [0.29, 0.717) is 17.0 Å². The molecule has 0 saturated carbocycles. The van der Waals surface area contributed by atoms with E-state index in [-0.39, 0.29) is 19.4 Å². The Kier molecular flexibility index (Phi) is 5.73. The van der Waals surface area contributed by atoms with Crippen LogP contribution in [0.15, 0.2) is 72.7 Å². The first-order valence-corrected chi connectivity index (χ1v) is 8.23. The SMILES string of the molecule is O=CC(=O)N1CC(NC(=O)OCc2ccccc2)=CC=C1c1cccnc1. The second-order valence-electron chi connectivity index (χ2n) is 5.71. The van der Waals surface area contributed by atoms with Crippen molar-refractivity contribution >= 4 is 24.0 Å². The van der Waals surface area contributed by atoms with Gasteiger partial charge < -0.3 is 4.74 Å². The molecule has 2 heterocycles. The lowest BCUT2D eigenvalue weighted by atomic mass is 10.1. The van der Waals surface area contributed by atoms with Gasteiger partial charge in [0.05, 0.1) is 12.2 Å². The number of aromatic nitrogens is 1. The zero-order valence-corrected chi connectivity index (χ0v) is 14.4. The van der Waals surface area contributed by atoms with Crippen molar-refractivity contribution in [2.75, 3.05) is 6.54 Å². The summed E-state index contributed by atoms with van der Waals surface area (Å²) in [5.74, 6) is -0.713. The van der Waals surface area contributed by atoms with Crippen LogP contribution in [-0.4, -0.2) is 34.7 Å². The molecule has 1 aliphatic heterocycles. The predicted molar refractivity (Wildman–Crippen MR) is 97.8 cm³/mol. The first-order chi connectivity index (χ1) is 13.2. The van der Waals surface area contributed by atoms with Gasteiger partial charge in [-0.05, 0) is 29.8 Å². The van der Waals surface area contributed by atoms with Crippen molar-refractivity contribution in [1.82, 2.24) is 15.2 Å². The number of hydrogen-bond acceptors (Lipinski definition) is 5. The number of benzene rings is 1. The van der Waals surface area contributed by atoms with Crippen molar-refractivity contribution in [3.63, 3.8) is 0 Å². The fourth-order valence-corrected chi connectivity index (χ4v) is 2.58. The fourth-order valence-electron chi connectivity index (χ4n) is 2.58. The van der Waals surface area contributed by atoms with E-state index in [2.05, 4.69) is 10.3 Å². The molecule has 7 nitrogen and oxygen atoms in total. The van der Waals surface area contributed by atoms with E-state index in [1.54, 1.807) is 36.7 Å². The van der Waals surface area contributed by atoms with Crippen molar-refractivity contribution < 1.29 is 19.1 Å². The maximum absolute atomic E-state index is 12.0. The van der Waals surface area contributed by atoms with Gasteiger partial charge in [0.15, 0.2) is 0 Å². The number of carbonyl (C=O) groups is 3. The van der Waals surface area contributed by atoms with E-state index in [1.165, 1.54) is 4.90 Å². The van der Waals surface area contributed by atoms with Gasteiger partial charge in [-0.1, -0.05) is 30.3 Å². The summed E-state index contributed by atoms with van der Waals surface area (Å²) in [6.45, 7) is 0.173. The minimum atomic E-state index is -0.713. The zero-order chi connectivity index (χ0) is 19.1. The fraction of sp³-hybridized carbons (Fsp3) is 0.100. The molecule has 0 atom stereocenters. The Bertz CT molecular complexity index is 892. The van der Waals surface area contributed by atoms with Gasteiger partial charge in [-0.2, -0.15) is 0 Å². The highest BCUT2D eigenvalue weighted by molar-refractivity contribution is 6.25. The smallest absolute Gasteiger partial charge is 0.411 e. The number of ether oxygens (including phenoxy) is 1. The molecule has 27 heavy (non-hydrogen) atoms. The van der Waals surface area contributed by atoms with Gasteiger partial charge in [0, 0.05) is 23.7 Å². The number of amides is 2. The number of carbonyl (C=O) groups excluding carboxylic acids is 3. The summed E-state index contributed by atoms with van der Waals surface area (Å²) in [5, 5.41) is 2.60. The van der Waals surface area contributed by atoms with Crippen LogP contribution in [0.5, 0.6) is 0 Å². The van der Waals surface area contributed by atoms with E-state index >= 15 is 0 Å². The molecule has 2 aromatic rings. The molecule has 1 aliphatic rings. The lowest BCUT2D eigenvalue weighted by Gasteiger charge is -2.27. The van der Waals surface area contributed by atoms with Crippen LogP contribution < -0.4 is 5.32 Å². The molecule has 1 aromatic heterocycles. The number of allylic oxidation sites excluding steroid dienone is 2. The number of rotatable bonds is 5. The molecule has 136 valence electrons. The van der Waals surface area contributed by atoms with Crippen molar-refractivity contribution in [2.24, 2.45) is 0 Å². The number of nitrogens with zero attached hydrogens (tertiary/aromatic N) is 2. The number of hydrogen-bond donors (Lipinski definition) is 1. The average molecular weight is 363 g/mol. The highest BCUT2D eigenvalue weighted by Gasteiger charge is 2.23. The van der Waals surface area contributed by atoms with Crippen molar-refractivity contribution in [1.29, 1.82) is 0 Å². The molecule has 0 aliphatic carbocycles. The van der Waals surface area contributed by atoms with Gasteiger partial charge in [0.25, 0.3) is 5.91 Å². The molecule has 3 rings (SSSR count). The van der Waals surface area contributed by atoms with Gasteiger partial charge in [0.1, 0.15) is 6.61 Å². The second kappa shape index (κ2) is 8.57. The van der Waals surface area contributed by atoms with Crippen LogP contribution in [0.3, 0.4) is 0 Å². The Morgan fingerprint density at radius 1 is 1.15 bits per heavy atom. The summed E-state index contributed by atoms with van der Waals surface area (Å²) in [6, 6.07) is 12.8. The summed E-state index contributed by atoms with van der Waals surface area (Å²) >= 11 is 0. The molecule has 0 saturated heterocycles. The Balaban J connectivity index is 1.70. The van der Waals surface area contributed by atoms with E-state index in [1.807, 2.05) is 30.3 Å². The normalized spacial score (nSPS) is 13.3. The monoisotopic (exact) mass is 363 g/mol. The Morgan fingerprint density at radius 3 is 2.67 bits per heavy atom. The van der Waals surface area contributed by atoms with Gasteiger partial charge >= 0.3 is 6.09 Å². The van der Waals surface area contributed by atoms with Crippen molar-refractivity contribution in [2.45, 2.75) is 6.61 Å². The van der Waals surface area contributed by atoms with E-state index in [4.69, 9.17) is 4.74 Å². The first-order valence-electron chi connectivity index (χ1n) is 8.23. The standard InChI is InChI=1S/C20H17N3O4/c24-13-19(25)23-12-17(8-9-18(23)16-7-4-10-21-11-16)22-20(26)27-14-15-5-2-1-3-6-15/h1-11,13H,12,14H2,(H,22,26). The third kappa shape index (κ3) is 4.66. The van der Waals surface area contributed by atoms with Crippen molar-refractivity contribution in [3.05, 3.63) is 83.8 Å². The van der Waals surface area contributed by atoms with Crippen LogP contribution in [0.25, 0.3) is 5.70 Å². The van der Waals surface area contributed by atoms with E-state index < -0.39 is 12.0 Å². The minimum Gasteiger partial charge on any atom is -0.444 e. The molecule has 0 radical (unpaired) electrons. The van der Waals surface area contributed by atoms with Gasteiger partial charge in [-0.25, -0.2) is 4.79 Å². The summed E-state index contributed by atoms with van der Waals surface area (Å²) in [4.78, 5) is 40.3. The number of alkyl carbamates (subject to hydrolysis) is 1. The third-order valence-electron chi connectivity index (χ3n) is 3.86. The van der Waals surface area contributed by atoms with Gasteiger partial charge in [0.2, 0.25) is 6.29 Å². The van der Waals surface area contributed by atoms with Crippen LogP contribution in [-0.2, 0) is 20.9 Å². The van der Waals surface area contributed by atoms with E-state index in [9.17, 15) is 14.4 Å². The molecule has 0 fully saturated rings. The Morgan fingerprint density at radius 2 is 1.96 bits per heavy atom. The quantitative estimate of drug-likeness (QED) is 0.650. The van der Waals surface area contributed by atoms with Crippen LogP contribution >= 0.6 is 0 Å². The summed E-state index contributed by atoms with van der Waals surface area (Å²) in [6.07, 6.45) is 6.12. The number of aldehydes is 1. The van der Waals surface area contributed by atoms with Crippen LogP contribution in [0.4, 0.5) is 4.79 Å². The van der Waals surface area contributed by atoms with Gasteiger partial charge in [-0.15, -0.1) is 0 Å². The summed E-state index contributed by atoms with van der Waals surface area (Å²) < 4.78 is 5.17. The molecule has 0 spiro atoms. The van der Waals surface area contributed by atoms with Crippen LogP contribution in [0.2, 0.25) is 0 Å². The molecule has 2 amide bonds. The molecule has 0 bridgehead atoms. The largest absolute Gasteiger partial charge is 0.444 e. The summed E-state index contributed by atoms with van der Waals surface area (Å²) in [7, 11) is 0. The highest BCUT2D eigenvalue weighted by atomic mass is 16.5. The predicted octanol–water partition coefficient (Wildman–Crippen LogP) is 2.27. The van der Waals surface area contributed by atoms with Gasteiger partial charge in [-0.3, -0.25) is 24.8 Å². The maximum atomic E-state index is 12.0. The zero-order valence-electron chi connectivity index (χ0n) is 14.4. The number of nitrogens with one attached hydrogen (secondary N) is 1. The maximum Gasteiger partial charge on any atom is 0.411 e. The minimum absolute atomic E-state index is 0.0404. The van der Waals surface area contributed by atoms with E-state index in [0.717, 1.165) is 5.56 Å². The Labute approximate surface area is 156 Å². The van der Waals surface area contributed by atoms with Crippen LogP contribution in [0.1, 0.15) is 11.1 Å². The third-order valence-corrected chi connectivity index (χ3v) is 3.86. The lowest BCUT2D eigenvalue weighted by molar-refractivity contribution is -0.136. The van der Waals surface area contributed by atoms with Crippen LogP contribution in [0, 0.1) is 0 Å².